The standard InChI is InChI=1S/C13H17F2N3O/c1-9-7-10(17(2)16-9)11(19)18-5-3-12(4-6-18)8-13(12,14)15/h7H,3-6,8H2,1-2H3. The molecule has 1 saturated carbocycles. The molecule has 1 aliphatic carbocycles. The zero-order valence-corrected chi connectivity index (χ0v) is 11.1. The van der Waals surface area contributed by atoms with Crippen LogP contribution in [0.4, 0.5) is 8.78 Å². The van der Waals surface area contributed by atoms with Crippen molar-refractivity contribution in [2.24, 2.45) is 12.5 Å². The fourth-order valence-corrected chi connectivity index (χ4v) is 3.03. The molecule has 0 bridgehead atoms. The third kappa shape index (κ3) is 1.84. The molecule has 1 aromatic heterocycles. The Bertz CT molecular complexity index is 530. The quantitative estimate of drug-likeness (QED) is 0.782. The molecule has 1 saturated heterocycles. The summed E-state index contributed by atoms with van der Waals surface area (Å²) in [5.41, 5.74) is 0.496. The first-order valence-corrected chi connectivity index (χ1v) is 6.52. The summed E-state index contributed by atoms with van der Waals surface area (Å²) in [6, 6.07) is 1.73. The number of likely N-dealkylation sites (tertiary alicyclic amines) is 1. The van der Waals surface area contributed by atoms with Gasteiger partial charge in [-0.3, -0.25) is 9.48 Å². The molecule has 0 aromatic carbocycles. The summed E-state index contributed by atoms with van der Waals surface area (Å²) in [6.45, 7) is 2.66. The number of rotatable bonds is 1. The highest BCUT2D eigenvalue weighted by Crippen LogP contribution is 2.65. The smallest absolute Gasteiger partial charge is 0.272 e. The molecular formula is C13H17F2N3O. The minimum absolute atomic E-state index is 0.00709. The van der Waals surface area contributed by atoms with E-state index in [0.717, 1.165) is 5.69 Å². The molecule has 4 nitrogen and oxygen atoms in total. The van der Waals surface area contributed by atoms with E-state index >= 15 is 0 Å². The molecule has 6 heteroatoms. The molecule has 0 radical (unpaired) electrons. The number of hydrogen-bond acceptors (Lipinski definition) is 2. The van der Waals surface area contributed by atoms with Gasteiger partial charge >= 0.3 is 0 Å². The van der Waals surface area contributed by atoms with Gasteiger partial charge in [0.1, 0.15) is 5.69 Å². The molecule has 2 aliphatic rings. The average Bonchev–Trinajstić information content (AvgIpc) is 2.68. The van der Waals surface area contributed by atoms with Crippen LogP contribution < -0.4 is 0 Å². The van der Waals surface area contributed by atoms with Crippen LogP contribution in [0.2, 0.25) is 0 Å². The van der Waals surface area contributed by atoms with Crippen molar-refractivity contribution >= 4 is 5.91 Å². The second-order valence-corrected chi connectivity index (χ2v) is 5.75. The Balaban J connectivity index is 1.69. The van der Waals surface area contributed by atoms with E-state index in [1.165, 1.54) is 0 Å². The molecule has 3 rings (SSSR count). The van der Waals surface area contributed by atoms with Crippen molar-refractivity contribution in [2.75, 3.05) is 13.1 Å². The van der Waals surface area contributed by atoms with E-state index in [1.54, 1.807) is 22.7 Å². The number of carbonyl (C=O) groups excluding carboxylic acids is 1. The Morgan fingerprint density at radius 1 is 1.37 bits per heavy atom. The molecule has 1 aromatic rings. The largest absolute Gasteiger partial charge is 0.337 e. The summed E-state index contributed by atoms with van der Waals surface area (Å²) in [5, 5.41) is 4.14. The van der Waals surface area contributed by atoms with Crippen LogP contribution in [0.1, 0.15) is 35.4 Å². The number of nitrogens with zero attached hydrogens (tertiary/aromatic N) is 3. The van der Waals surface area contributed by atoms with Gasteiger partial charge in [-0.2, -0.15) is 5.10 Å². The number of aromatic nitrogens is 2. The summed E-state index contributed by atoms with van der Waals surface area (Å²) >= 11 is 0. The molecule has 1 spiro atoms. The third-order valence-electron chi connectivity index (χ3n) is 4.44. The molecular weight excluding hydrogens is 252 g/mol. The van der Waals surface area contributed by atoms with Crippen LogP contribution >= 0.6 is 0 Å². The minimum Gasteiger partial charge on any atom is -0.337 e. The van der Waals surface area contributed by atoms with Crippen LogP contribution in [-0.2, 0) is 7.05 Å². The van der Waals surface area contributed by atoms with Crippen molar-refractivity contribution in [1.82, 2.24) is 14.7 Å². The first kappa shape index (κ1) is 12.6. The van der Waals surface area contributed by atoms with E-state index < -0.39 is 11.3 Å². The Labute approximate surface area is 110 Å². The molecule has 2 fully saturated rings. The van der Waals surface area contributed by atoms with Crippen LogP contribution in [0.3, 0.4) is 0 Å². The number of piperidine rings is 1. The van der Waals surface area contributed by atoms with Gasteiger partial charge in [-0.15, -0.1) is 0 Å². The Hall–Kier alpha value is -1.46. The highest BCUT2D eigenvalue weighted by Gasteiger charge is 2.70. The molecule has 0 atom stereocenters. The van der Waals surface area contributed by atoms with Crippen LogP contribution in [0, 0.1) is 12.3 Å². The lowest BCUT2D eigenvalue weighted by Crippen LogP contribution is -2.41. The highest BCUT2D eigenvalue weighted by atomic mass is 19.3. The van der Waals surface area contributed by atoms with Crippen molar-refractivity contribution in [3.05, 3.63) is 17.5 Å². The van der Waals surface area contributed by atoms with Crippen LogP contribution in [0.25, 0.3) is 0 Å². The first-order chi connectivity index (χ1) is 8.85. The maximum atomic E-state index is 13.3. The van der Waals surface area contributed by atoms with E-state index in [9.17, 15) is 13.6 Å². The summed E-state index contributed by atoms with van der Waals surface area (Å²) in [6.07, 6.45) is 0.804. The maximum Gasteiger partial charge on any atom is 0.272 e. The van der Waals surface area contributed by atoms with Gasteiger partial charge in [-0.05, 0) is 25.8 Å². The van der Waals surface area contributed by atoms with E-state index in [2.05, 4.69) is 5.10 Å². The molecule has 104 valence electrons. The summed E-state index contributed by atoms with van der Waals surface area (Å²) in [4.78, 5) is 14.0. The molecule has 0 N–H and O–H groups in total. The normalized spacial score (nSPS) is 23.7. The minimum atomic E-state index is -2.51. The molecule has 1 amide bonds. The second kappa shape index (κ2) is 3.77. The van der Waals surface area contributed by atoms with Crippen LogP contribution in [0.5, 0.6) is 0 Å². The second-order valence-electron chi connectivity index (χ2n) is 5.75. The predicted octanol–water partition coefficient (Wildman–Crippen LogP) is 1.99. The predicted molar refractivity (Wildman–Crippen MR) is 65.1 cm³/mol. The summed E-state index contributed by atoms with van der Waals surface area (Å²) < 4.78 is 28.1. The van der Waals surface area contributed by atoms with Crippen molar-refractivity contribution in [1.29, 1.82) is 0 Å². The number of hydrogen-bond donors (Lipinski definition) is 0. The first-order valence-electron chi connectivity index (χ1n) is 6.52. The van der Waals surface area contributed by atoms with Gasteiger partial charge in [-0.25, -0.2) is 8.78 Å². The average molecular weight is 269 g/mol. The SMILES string of the molecule is Cc1cc(C(=O)N2CCC3(CC2)CC3(F)F)n(C)n1. The van der Waals surface area contributed by atoms with E-state index in [1.807, 2.05) is 6.92 Å². The summed E-state index contributed by atoms with van der Waals surface area (Å²) in [5.74, 6) is -2.62. The highest BCUT2D eigenvalue weighted by molar-refractivity contribution is 5.92. The van der Waals surface area contributed by atoms with Crippen molar-refractivity contribution in [3.8, 4) is 0 Å². The summed E-state index contributed by atoms with van der Waals surface area (Å²) in [7, 11) is 1.72. The fourth-order valence-electron chi connectivity index (χ4n) is 3.03. The monoisotopic (exact) mass is 269 g/mol. The van der Waals surface area contributed by atoms with E-state index in [-0.39, 0.29) is 12.3 Å². The Morgan fingerprint density at radius 2 is 1.95 bits per heavy atom. The van der Waals surface area contributed by atoms with Gasteiger partial charge in [0.25, 0.3) is 11.8 Å². The van der Waals surface area contributed by atoms with Crippen molar-refractivity contribution in [3.63, 3.8) is 0 Å². The molecule has 0 unspecified atom stereocenters. The zero-order chi connectivity index (χ0) is 13.8. The third-order valence-corrected chi connectivity index (χ3v) is 4.44. The lowest BCUT2D eigenvalue weighted by atomic mass is 9.92. The van der Waals surface area contributed by atoms with Gasteiger partial charge in [0, 0.05) is 32.0 Å². The van der Waals surface area contributed by atoms with Crippen LogP contribution in [-0.4, -0.2) is 39.6 Å². The van der Waals surface area contributed by atoms with Gasteiger partial charge in [0.2, 0.25) is 0 Å². The molecule has 19 heavy (non-hydrogen) atoms. The number of carbonyl (C=O) groups is 1. The van der Waals surface area contributed by atoms with Crippen molar-refractivity contribution in [2.45, 2.75) is 32.1 Å². The van der Waals surface area contributed by atoms with E-state index in [0.29, 0.717) is 31.6 Å². The lowest BCUT2D eigenvalue weighted by Gasteiger charge is -2.32. The number of aryl methyl sites for hydroxylation is 2. The van der Waals surface area contributed by atoms with Gasteiger partial charge in [0.05, 0.1) is 5.69 Å². The number of amides is 1. The van der Waals surface area contributed by atoms with Gasteiger partial charge < -0.3 is 4.90 Å². The Morgan fingerprint density at radius 3 is 2.37 bits per heavy atom. The maximum absolute atomic E-state index is 13.3. The topological polar surface area (TPSA) is 38.1 Å². The van der Waals surface area contributed by atoms with E-state index in [4.69, 9.17) is 0 Å². The fraction of sp³-hybridized carbons (Fsp3) is 0.692. The van der Waals surface area contributed by atoms with Crippen LogP contribution in [0.15, 0.2) is 6.07 Å². The molecule has 2 heterocycles. The Kier molecular flexibility index (Phi) is 2.50. The van der Waals surface area contributed by atoms with Gasteiger partial charge in [-0.1, -0.05) is 0 Å². The molecule has 1 aliphatic heterocycles. The lowest BCUT2D eigenvalue weighted by molar-refractivity contribution is 0.0280. The number of alkyl halides is 2. The van der Waals surface area contributed by atoms with Crippen molar-refractivity contribution < 1.29 is 13.6 Å². The zero-order valence-electron chi connectivity index (χ0n) is 11.1. The van der Waals surface area contributed by atoms with Gasteiger partial charge in [0.15, 0.2) is 0 Å². The number of halogens is 2.